The van der Waals surface area contributed by atoms with Crippen LogP contribution >= 0.6 is 0 Å². The Bertz CT molecular complexity index is 592. The van der Waals surface area contributed by atoms with E-state index in [1.54, 1.807) is 0 Å². The van der Waals surface area contributed by atoms with E-state index in [-0.39, 0.29) is 5.60 Å². The van der Waals surface area contributed by atoms with Gasteiger partial charge < -0.3 is 20.3 Å². The molecule has 0 aliphatic carbocycles. The molecule has 2 aliphatic rings. The van der Waals surface area contributed by atoms with Crippen molar-refractivity contribution >= 4 is 11.6 Å². The average molecular weight is 388 g/mol. The number of piperazine rings is 1. The first-order valence-corrected chi connectivity index (χ1v) is 10.9. The van der Waals surface area contributed by atoms with E-state index >= 15 is 0 Å². The molecule has 2 fully saturated rings. The Morgan fingerprint density at radius 2 is 1.93 bits per heavy atom. The number of ether oxygens (including phenoxy) is 1. The Morgan fingerprint density at radius 3 is 2.61 bits per heavy atom. The van der Waals surface area contributed by atoms with E-state index in [9.17, 15) is 0 Å². The van der Waals surface area contributed by atoms with Crippen molar-refractivity contribution in [2.75, 3.05) is 63.9 Å². The van der Waals surface area contributed by atoms with Gasteiger partial charge in [0.2, 0.25) is 0 Å². The predicted molar refractivity (Wildman–Crippen MR) is 117 cm³/mol. The zero-order valence-corrected chi connectivity index (χ0v) is 17.6. The van der Waals surface area contributed by atoms with Gasteiger partial charge in [-0.05, 0) is 51.8 Å². The monoisotopic (exact) mass is 387 g/mol. The molecule has 2 heterocycles. The SMILES string of the molecule is CCNC(=NCC1(C)CCCO1)NCCCN1CCN(c2ccccc2)CC1. The maximum absolute atomic E-state index is 5.84. The van der Waals surface area contributed by atoms with Crippen molar-refractivity contribution in [3.63, 3.8) is 0 Å². The molecule has 6 heteroatoms. The van der Waals surface area contributed by atoms with E-state index in [0.29, 0.717) is 0 Å². The topological polar surface area (TPSA) is 52.1 Å². The summed E-state index contributed by atoms with van der Waals surface area (Å²) in [5.74, 6) is 0.910. The lowest BCUT2D eigenvalue weighted by Crippen LogP contribution is -2.47. The van der Waals surface area contributed by atoms with Crippen LogP contribution in [0.25, 0.3) is 0 Å². The predicted octanol–water partition coefficient (Wildman–Crippen LogP) is 2.32. The van der Waals surface area contributed by atoms with Gasteiger partial charge in [-0.15, -0.1) is 0 Å². The lowest BCUT2D eigenvalue weighted by molar-refractivity contribution is 0.0283. The first-order valence-electron chi connectivity index (χ1n) is 10.9. The fourth-order valence-corrected chi connectivity index (χ4v) is 3.93. The number of hydrogen-bond acceptors (Lipinski definition) is 4. The molecule has 0 aromatic heterocycles. The van der Waals surface area contributed by atoms with Gasteiger partial charge in [-0.3, -0.25) is 9.89 Å². The number of guanidine groups is 1. The normalized spacial score (nSPS) is 23.8. The average Bonchev–Trinajstić information content (AvgIpc) is 3.17. The molecule has 1 unspecified atom stereocenters. The van der Waals surface area contributed by atoms with Gasteiger partial charge in [0.25, 0.3) is 0 Å². The largest absolute Gasteiger partial charge is 0.373 e. The highest BCUT2D eigenvalue weighted by atomic mass is 16.5. The lowest BCUT2D eigenvalue weighted by atomic mass is 10.0. The number of anilines is 1. The van der Waals surface area contributed by atoms with Crippen LogP contribution in [0.15, 0.2) is 35.3 Å². The summed E-state index contributed by atoms with van der Waals surface area (Å²) in [7, 11) is 0. The standard InChI is InChI=1S/C22H37N5O/c1-3-23-21(25-19-22(2)11-7-18-28-22)24-12-8-13-26-14-16-27(17-15-26)20-9-5-4-6-10-20/h4-6,9-10H,3,7-8,11-19H2,1-2H3,(H2,23,24,25). The molecule has 1 aromatic rings. The number of aliphatic imine (C=N–C) groups is 1. The van der Waals surface area contributed by atoms with Gasteiger partial charge in [0, 0.05) is 51.6 Å². The van der Waals surface area contributed by atoms with E-state index in [1.165, 1.54) is 5.69 Å². The van der Waals surface area contributed by atoms with Gasteiger partial charge in [-0.1, -0.05) is 18.2 Å². The summed E-state index contributed by atoms with van der Waals surface area (Å²) in [5, 5.41) is 6.83. The van der Waals surface area contributed by atoms with Crippen LogP contribution in [0.2, 0.25) is 0 Å². The van der Waals surface area contributed by atoms with Gasteiger partial charge in [0.1, 0.15) is 0 Å². The van der Waals surface area contributed by atoms with Crippen LogP contribution in [0.1, 0.15) is 33.1 Å². The van der Waals surface area contributed by atoms with Crippen LogP contribution < -0.4 is 15.5 Å². The zero-order valence-electron chi connectivity index (χ0n) is 17.6. The van der Waals surface area contributed by atoms with E-state index in [1.807, 2.05) is 0 Å². The fourth-order valence-electron chi connectivity index (χ4n) is 3.93. The van der Waals surface area contributed by atoms with Gasteiger partial charge in [0.05, 0.1) is 12.1 Å². The third-order valence-electron chi connectivity index (χ3n) is 5.65. The van der Waals surface area contributed by atoms with Crippen molar-refractivity contribution in [1.29, 1.82) is 0 Å². The summed E-state index contributed by atoms with van der Waals surface area (Å²) < 4.78 is 5.84. The van der Waals surface area contributed by atoms with Crippen molar-refractivity contribution < 1.29 is 4.74 Å². The minimum Gasteiger partial charge on any atom is -0.373 e. The molecule has 0 bridgehead atoms. The number of nitrogens with zero attached hydrogens (tertiary/aromatic N) is 3. The molecule has 1 aromatic carbocycles. The molecule has 0 amide bonds. The van der Waals surface area contributed by atoms with Crippen molar-refractivity contribution in [3.8, 4) is 0 Å². The van der Waals surface area contributed by atoms with Crippen LogP contribution in [-0.4, -0.2) is 75.4 Å². The van der Waals surface area contributed by atoms with E-state index in [2.05, 4.69) is 64.6 Å². The second kappa shape index (κ2) is 10.7. The Kier molecular flexibility index (Phi) is 7.98. The van der Waals surface area contributed by atoms with Gasteiger partial charge in [0.15, 0.2) is 5.96 Å². The molecule has 3 rings (SSSR count). The van der Waals surface area contributed by atoms with Gasteiger partial charge >= 0.3 is 0 Å². The number of benzene rings is 1. The molecule has 0 spiro atoms. The molecular formula is C22H37N5O. The van der Waals surface area contributed by atoms with Crippen LogP contribution in [-0.2, 0) is 4.74 Å². The number of nitrogens with one attached hydrogen (secondary N) is 2. The third kappa shape index (κ3) is 6.38. The minimum atomic E-state index is -0.0826. The smallest absolute Gasteiger partial charge is 0.191 e. The molecule has 0 radical (unpaired) electrons. The first kappa shape index (κ1) is 20.9. The van der Waals surface area contributed by atoms with Gasteiger partial charge in [-0.25, -0.2) is 0 Å². The molecule has 156 valence electrons. The van der Waals surface area contributed by atoms with Gasteiger partial charge in [-0.2, -0.15) is 0 Å². The van der Waals surface area contributed by atoms with Crippen molar-refractivity contribution in [1.82, 2.24) is 15.5 Å². The highest BCUT2D eigenvalue weighted by Gasteiger charge is 2.29. The highest BCUT2D eigenvalue weighted by molar-refractivity contribution is 5.79. The van der Waals surface area contributed by atoms with E-state index in [0.717, 1.165) is 84.2 Å². The van der Waals surface area contributed by atoms with Crippen LogP contribution in [0.4, 0.5) is 5.69 Å². The highest BCUT2D eigenvalue weighted by Crippen LogP contribution is 2.25. The summed E-state index contributed by atoms with van der Waals surface area (Å²) in [6.45, 7) is 13.3. The van der Waals surface area contributed by atoms with E-state index < -0.39 is 0 Å². The molecule has 2 saturated heterocycles. The van der Waals surface area contributed by atoms with Crippen molar-refractivity contribution in [3.05, 3.63) is 30.3 Å². The quantitative estimate of drug-likeness (QED) is 0.407. The maximum Gasteiger partial charge on any atom is 0.191 e. The summed E-state index contributed by atoms with van der Waals surface area (Å²) in [5.41, 5.74) is 1.26. The third-order valence-corrected chi connectivity index (χ3v) is 5.65. The maximum atomic E-state index is 5.84. The minimum absolute atomic E-state index is 0.0826. The Morgan fingerprint density at radius 1 is 1.14 bits per heavy atom. The summed E-state index contributed by atoms with van der Waals surface area (Å²) in [4.78, 5) is 9.79. The van der Waals surface area contributed by atoms with Crippen LogP contribution in [0, 0.1) is 0 Å². The summed E-state index contributed by atoms with van der Waals surface area (Å²) in [6.07, 6.45) is 3.38. The molecule has 2 N–H and O–H groups in total. The Hall–Kier alpha value is -1.79. The summed E-state index contributed by atoms with van der Waals surface area (Å²) >= 11 is 0. The molecule has 1 atom stereocenters. The number of para-hydroxylation sites is 1. The van der Waals surface area contributed by atoms with Crippen LogP contribution in [0.3, 0.4) is 0 Å². The molecule has 6 nitrogen and oxygen atoms in total. The molecular weight excluding hydrogens is 350 g/mol. The molecule has 0 saturated carbocycles. The Labute approximate surface area is 170 Å². The molecule has 2 aliphatic heterocycles. The zero-order chi connectivity index (χ0) is 19.7. The fraction of sp³-hybridized carbons (Fsp3) is 0.682. The molecule has 28 heavy (non-hydrogen) atoms. The summed E-state index contributed by atoms with van der Waals surface area (Å²) in [6, 6.07) is 10.7. The number of rotatable bonds is 8. The number of hydrogen-bond donors (Lipinski definition) is 2. The second-order valence-corrected chi connectivity index (χ2v) is 8.04. The van der Waals surface area contributed by atoms with Crippen molar-refractivity contribution in [2.45, 2.75) is 38.7 Å². The Balaban J connectivity index is 1.34. The first-order chi connectivity index (χ1) is 13.7. The second-order valence-electron chi connectivity index (χ2n) is 8.04. The van der Waals surface area contributed by atoms with Crippen LogP contribution in [0.5, 0.6) is 0 Å². The van der Waals surface area contributed by atoms with Crippen molar-refractivity contribution in [2.24, 2.45) is 4.99 Å². The lowest BCUT2D eigenvalue weighted by Gasteiger charge is -2.36. The van der Waals surface area contributed by atoms with E-state index in [4.69, 9.17) is 9.73 Å².